The largest absolute Gasteiger partial charge is 0.286 e. The molecule has 4 aromatic rings. The fraction of sp³-hybridized carbons (Fsp3) is 0.103. The van der Waals surface area contributed by atoms with Crippen LogP contribution in [0, 0.1) is 18.6 Å². The zero-order valence-electron chi connectivity index (χ0n) is 19.1. The number of aliphatic imine (C=N–C) groups is 1. The molecule has 1 aromatic heterocycles. The number of fused-ring (bicyclic) bond motifs is 3. The molecule has 2 aliphatic rings. The van der Waals surface area contributed by atoms with Gasteiger partial charge < -0.3 is 0 Å². The van der Waals surface area contributed by atoms with E-state index in [9.17, 15) is 0 Å². The second kappa shape index (κ2) is 8.12. The van der Waals surface area contributed by atoms with Crippen LogP contribution in [-0.2, 0) is 0 Å². The Morgan fingerprint density at radius 1 is 0.735 bits per heavy atom. The molecular weight excluding hydrogens is 436 g/mol. The number of allylic oxidation sites excluding steroid dienone is 2. The zero-order chi connectivity index (χ0) is 23.2. The van der Waals surface area contributed by atoms with E-state index in [1.165, 1.54) is 11.1 Å². The van der Waals surface area contributed by atoms with Crippen LogP contribution in [0.3, 0.4) is 0 Å². The van der Waals surface area contributed by atoms with E-state index in [2.05, 4.69) is 113 Å². The van der Waals surface area contributed by atoms with Gasteiger partial charge >= 0.3 is 0 Å². The van der Waals surface area contributed by atoms with E-state index in [1.807, 2.05) is 18.2 Å². The first kappa shape index (κ1) is 20.6. The number of hydrogen-bond donors (Lipinski definition) is 0. The van der Waals surface area contributed by atoms with Crippen molar-refractivity contribution in [3.8, 4) is 11.4 Å². The predicted molar refractivity (Wildman–Crippen MR) is 142 cm³/mol. The molecule has 6 rings (SSSR count). The number of imidazole rings is 1. The summed E-state index contributed by atoms with van der Waals surface area (Å²) in [6.07, 6.45) is 8.20. The summed E-state index contributed by atoms with van der Waals surface area (Å²) < 4.78 is 5.09. The van der Waals surface area contributed by atoms with Gasteiger partial charge in [0.15, 0.2) is 4.77 Å². The molecule has 0 N–H and O–H groups in total. The Morgan fingerprint density at radius 2 is 1.35 bits per heavy atom. The standard InChI is InChI=1S/C29H24N4S/c1-20-11-15-23(16-12-20)32-27-26(22-8-4-3-5-9-22)30-25-10-6-7-19-31(25)28(27)33(29(32)34)24-17-13-21(2)14-18-24/h3-19,26H,1-2H3. The molecule has 4 nitrogen and oxygen atoms in total. The van der Waals surface area contributed by atoms with E-state index in [4.69, 9.17) is 17.2 Å². The molecule has 34 heavy (non-hydrogen) atoms. The first-order valence-corrected chi connectivity index (χ1v) is 11.8. The van der Waals surface area contributed by atoms with Crippen molar-refractivity contribution in [1.29, 1.82) is 0 Å². The smallest absolute Gasteiger partial charge is 0.191 e. The van der Waals surface area contributed by atoms with E-state index >= 15 is 0 Å². The molecule has 166 valence electrons. The quantitative estimate of drug-likeness (QED) is 0.307. The fourth-order valence-corrected chi connectivity index (χ4v) is 5.03. The highest BCUT2D eigenvalue weighted by Crippen LogP contribution is 2.43. The summed E-state index contributed by atoms with van der Waals surface area (Å²) >= 11 is 6.19. The summed E-state index contributed by atoms with van der Waals surface area (Å²) in [5.74, 6) is 1.93. The first-order valence-electron chi connectivity index (χ1n) is 11.4. The van der Waals surface area contributed by atoms with Crippen LogP contribution in [0.15, 0.2) is 108 Å². The van der Waals surface area contributed by atoms with Gasteiger partial charge in [0.2, 0.25) is 0 Å². The molecule has 2 aliphatic heterocycles. The number of benzene rings is 3. The monoisotopic (exact) mass is 460 g/mol. The number of rotatable bonds is 3. The Morgan fingerprint density at radius 3 is 2.00 bits per heavy atom. The first-order chi connectivity index (χ1) is 16.6. The van der Waals surface area contributed by atoms with E-state index in [-0.39, 0.29) is 6.04 Å². The second-order valence-electron chi connectivity index (χ2n) is 8.70. The number of amidine groups is 1. The van der Waals surface area contributed by atoms with Crippen LogP contribution in [-0.4, -0.2) is 15.0 Å². The zero-order valence-corrected chi connectivity index (χ0v) is 19.9. The number of nitrogens with zero attached hydrogens (tertiary/aromatic N) is 4. The highest BCUT2D eigenvalue weighted by atomic mass is 32.1. The maximum atomic E-state index is 6.19. The third kappa shape index (κ3) is 3.28. The molecule has 0 radical (unpaired) electrons. The lowest BCUT2D eigenvalue weighted by molar-refractivity contribution is 0.777. The maximum absolute atomic E-state index is 6.19. The summed E-state index contributed by atoms with van der Waals surface area (Å²) in [5, 5.41) is 0. The van der Waals surface area contributed by atoms with E-state index < -0.39 is 0 Å². The van der Waals surface area contributed by atoms with Gasteiger partial charge in [0, 0.05) is 17.6 Å². The minimum Gasteiger partial charge on any atom is -0.286 e. The third-order valence-electron chi connectivity index (χ3n) is 6.35. The minimum atomic E-state index is -0.187. The Labute approximate surface area is 204 Å². The van der Waals surface area contributed by atoms with Gasteiger partial charge in [0.05, 0.1) is 5.69 Å². The molecule has 0 bridgehead atoms. The van der Waals surface area contributed by atoms with Crippen LogP contribution in [0.1, 0.15) is 28.4 Å². The Bertz CT molecular complexity index is 1520. The van der Waals surface area contributed by atoms with Crippen LogP contribution in [0.5, 0.6) is 0 Å². The summed E-state index contributed by atoms with van der Waals surface area (Å²) in [6, 6.07) is 27.3. The van der Waals surface area contributed by atoms with E-state index in [0.717, 1.165) is 39.1 Å². The molecule has 0 saturated carbocycles. The lowest BCUT2D eigenvalue weighted by atomic mass is 10.0. The van der Waals surface area contributed by atoms with Crippen LogP contribution in [0.25, 0.3) is 11.4 Å². The van der Waals surface area contributed by atoms with Crippen molar-refractivity contribution in [1.82, 2.24) is 9.13 Å². The predicted octanol–water partition coefficient (Wildman–Crippen LogP) is 7.01. The number of aryl methyl sites for hydroxylation is 2. The Kier molecular flexibility index (Phi) is 4.93. The average Bonchev–Trinajstić information content (AvgIpc) is 3.18. The SMILES string of the molecule is Cc1ccc(-n2c3c(n(-c4ccc(C)cc4)c2=S)N2C=CC=CC2=NC3c2ccccc2)cc1. The van der Waals surface area contributed by atoms with Gasteiger partial charge in [-0.25, -0.2) is 0 Å². The van der Waals surface area contributed by atoms with Crippen LogP contribution in [0.2, 0.25) is 0 Å². The number of anilines is 1. The van der Waals surface area contributed by atoms with Gasteiger partial charge in [-0.15, -0.1) is 0 Å². The van der Waals surface area contributed by atoms with Crippen LogP contribution < -0.4 is 4.90 Å². The van der Waals surface area contributed by atoms with Gasteiger partial charge in [-0.3, -0.25) is 19.0 Å². The summed E-state index contributed by atoms with van der Waals surface area (Å²) in [7, 11) is 0. The molecule has 0 saturated heterocycles. The van der Waals surface area contributed by atoms with Crippen LogP contribution in [0.4, 0.5) is 5.82 Å². The van der Waals surface area contributed by atoms with Gasteiger partial charge in [-0.05, 0) is 68.0 Å². The topological polar surface area (TPSA) is 25.5 Å². The normalized spacial score (nSPS) is 16.2. The van der Waals surface area contributed by atoms with Crippen molar-refractivity contribution in [2.45, 2.75) is 19.9 Å². The molecule has 5 heteroatoms. The van der Waals surface area contributed by atoms with Crippen molar-refractivity contribution in [2.24, 2.45) is 4.99 Å². The minimum absolute atomic E-state index is 0.187. The van der Waals surface area contributed by atoms with Crippen molar-refractivity contribution in [3.63, 3.8) is 0 Å². The van der Waals surface area contributed by atoms with Crippen molar-refractivity contribution in [3.05, 3.63) is 130 Å². The molecule has 0 spiro atoms. The highest BCUT2D eigenvalue weighted by Gasteiger charge is 2.35. The molecule has 0 fully saturated rings. The fourth-order valence-electron chi connectivity index (χ4n) is 4.63. The molecule has 0 aliphatic carbocycles. The number of aromatic nitrogens is 2. The van der Waals surface area contributed by atoms with E-state index in [1.54, 1.807) is 0 Å². The number of hydrogen-bond acceptors (Lipinski definition) is 3. The maximum Gasteiger partial charge on any atom is 0.191 e. The Hall–Kier alpha value is -3.96. The van der Waals surface area contributed by atoms with Gasteiger partial charge in [-0.2, -0.15) is 0 Å². The molecular formula is C29H24N4S. The van der Waals surface area contributed by atoms with E-state index in [0.29, 0.717) is 0 Å². The molecule has 1 atom stereocenters. The summed E-state index contributed by atoms with van der Waals surface area (Å²) in [4.78, 5) is 7.35. The molecule has 0 amide bonds. The van der Waals surface area contributed by atoms with Crippen molar-refractivity contribution < 1.29 is 0 Å². The lowest BCUT2D eigenvalue weighted by Crippen LogP contribution is -2.32. The second-order valence-corrected chi connectivity index (χ2v) is 9.07. The van der Waals surface area contributed by atoms with Crippen LogP contribution >= 0.6 is 12.2 Å². The molecule has 3 aromatic carbocycles. The molecule has 3 heterocycles. The van der Waals surface area contributed by atoms with Gasteiger partial charge in [0.25, 0.3) is 0 Å². The Balaban J connectivity index is 1.72. The van der Waals surface area contributed by atoms with Gasteiger partial charge in [0.1, 0.15) is 17.7 Å². The van der Waals surface area contributed by atoms with Crippen molar-refractivity contribution in [2.75, 3.05) is 4.90 Å². The third-order valence-corrected chi connectivity index (χ3v) is 6.72. The van der Waals surface area contributed by atoms with Gasteiger partial charge in [-0.1, -0.05) is 71.8 Å². The lowest BCUT2D eigenvalue weighted by Gasteiger charge is -2.32. The summed E-state index contributed by atoms with van der Waals surface area (Å²) in [6.45, 7) is 4.20. The highest BCUT2D eigenvalue weighted by molar-refractivity contribution is 7.71. The van der Waals surface area contributed by atoms with Crippen molar-refractivity contribution >= 4 is 23.9 Å². The summed E-state index contributed by atoms with van der Waals surface area (Å²) in [5.41, 5.74) is 6.70. The molecule has 1 unspecified atom stereocenters. The average molecular weight is 461 g/mol.